The highest BCUT2D eigenvalue weighted by Crippen LogP contribution is 2.10. The normalized spacial score (nSPS) is 10.3. The molecule has 2 aromatic heterocycles. The van der Waals surface area contributed by atoms with Crippen LogP contribution in [0.1, 0.15) is 5.69 Å². The molecule has 7 heteroatoms. The fourth-order valence-corrected chi connectivity index (χ4v) is 1.27. The number of nitrogens with zero attached hydrogens (tertiary/aromatic N) is 5. The van der Waals surface area contributed by atoms with Crippen molar-refractivity contribution in [2.24, 2.45) is 0 Å². The highest BCUT2D eigenvalue weighted by Gasteiger charge is 2.06. The van der Waals surface area contributed by atoms with Crippen molar-refractivity contribution in [3.63, 3.8) is 0 Å². The van der Waals surface area contributed by atoms with Gasteiger partial charge in [-0.1, -0.05) is 5.21 Å². The van der Waals surface area contributed by atoms with Crippen molar-refractivity contribution >= 4 is 11.6 Å². The highest BCUT2D eigenvalue weighted by molar-refractivity contribution is 6.16. The van der Waals surface area contributed by atoms with Gasteiger partial charge in [0.15, 0.2) is 0 Å². The van der Waals surface area contributed by atoms with E-state index in [1.54, 1.807) is 23.3 Å². The molecule has 0 unspecified atom stereocenters. The minimum atomic E-state index is 0.311. The molecule has 0 aliphatic heterocycles. The molecule has 0 N–H and O–H groups in total. The van der Waals surface area contributed by atoms with Crippen molar-refractivity contribution in [1.29, 1.82) is 0 Å². The fraction of sp³-hybridized carbons (Fsp3) is 0.250. The average Bonchev–Trinajstić information content (AvgIpc) is 2.77. The van der Waals surface area contributed by atoms with E-state index in [0.29, 0.717) is 17.6 Å². The molecule has 0 radical (unpaired) electrons. The SMILES string of the molecule is COc1ncc(-n2nncc2CCl)cn1. The van der Waals surface area contributed by atoms with Gasteiger partial charge in [0.05, 0.1) is 37.3 Å². The summed E-state index contributed by atoms with van der Waals surface area (Å²) in [5, 5.41) is 7.63. The maximum atomic E-state index is 5.72. The first-order valence-corrected chi connectivity index (χ1v) is 4.70. The molecule has 0 aliphatic rings. The molecule has 78 valence electrons. The molecule has 0 aromatic carbocycles. The molecule has 2 heterocycles. The van der Waals surface area contributed by atoms with E-state index in [2.05, 4.69) is 20.3 Å². The molecule has 15 heavy (non-hydrogen) atoms. The summed E-state index contributed by atoms with van der Waals surface area (Å²) in [5.74, 6) is 0.332. The highest BCUT2D eigenvalue weighted by atomic mass is 35.5. The molecule has 0 saturated carbocycles. The van der Waals surface area contributed by atoms with Gasteiger partial charge < -0.3 is 4.74 Å². The van der Waals surface area contributed by atoms with Gasteiger partial charge >= 0.3 is 6.01 Å². The largest absolute Gasteiger partial charge is 0.467 e. The number of hydrogen-bond donors (Lipinski definition) is 0. The Bertz CT molecular complexity index is 441. The summed E-state index contributed by atoms with van der Waals surface area (Å²) in [6, 6.07) is 0.311. The van der Waals surface area contributed by atoms with Crippen LogP contribution in [0.25, 0.3) is 5.69 Å². The lowest BCUT2D eigenvalue weighted by Crippen LogP contribution is -2.03. The minimum absolute atomic E-state index is 0.311. The average molecular weight is 226 g/mol. The number of alkyl halides is 1. The van der Waals surface area contributed by atoms with E-state index in [9.17, 15) is 0 Å². The maximum Gasteiger partial charge on any atom is 0.316 e. The van der Waals surface area contributed by atoms with Crippen LogP contribution >= 0.6 is 11.6 Å². The first-order valence-electron chi connectivity index (χ1n) is 4.17. The molecular formula is C8H8ClN5O. The van der Waals surface area contributed by atoms with Crippen LogP contribution in [0.15, 0.2) is 18.6 Å². The quantitative estimate of drug-likeness (QED) is 0.723. The Labute approximate surface area is 90.9 Å². The second-order valence-electron chi connectivity index (χ2n) is 2.70. The number of aromatic nitrogens is 5. The molecule has 0 fully saturated rings. The zero-order valence-corrected chi connectivity index (χ0v) is 8.72. The van der Waals surface area contributed by atoms with Crippen LogP contribution in [0.5, 0.6) is 6.01 Å². The monoisotopic (exact) mass is 225 g/mol. The van der Waals surface area contributed by atoms with Gasteiger partial charge in [-0.3, -0.25) is 0 Å². The van der Waals surface area contributed by atoms with Gasteiger partial charge in [0.25, 0.3) is 0 Å². The zero-order valence-electron chi connectivity index (χ0n) is 7.96. The van der Waals surface area contributed by atoms with Crippen molar-refractivity contribution in [2.75, 3.05) is 7.11 Å². The third kappa shape index (κ3) is 1.89. The molecule has 0 atom stereocenters. The summed E-state index contributed by atoms with van der Waals surface area (Å²) in [4.78, 5) is 7.93. The second-order valence-corrected chi connectivity index (χ2v) is 2.97. The van der Waals surface area contributed by atoms with Crippen molar-refractivity contribution in [2.45, 2.75) is 5.88 Å². The molecule has 6 nitrogen and oxygen atoms in total. The zero-order chi connectivity index (χ0) is 10.7. The summed E-state index contributed by atoms with van der Waals surface area (Å²) in [6.07, 6.45) is 4.78. The molecule has 0 amide bonds. The van der Waals surface area contributed by atoms with E-state index < -0.39 is 0 Å². The Hall–Kier alpha value is -1.69. The predicted molar refractivity (Wildman–Crippen MR) is 53.1 cm³/mol. The smallest absolute Gasteiger partial charge is 0.316 e. The van der Waals surface area contributed by atoms with Crippen molar-refractivity contribution in [3.8, 4) is 11.7 Å². The standard InChI is InChI=1S/C8H8ClN5O/c1-15-8-10-3-7(4-11-8)14-6(2-9)5-12-13-14/h3-5H,2H2,1H3. The molecule has 0 aliphatic carbocycles. The Kier molecular flexibility index (Phi) is 2.77. The first kappa shape index (κ1) is 9.85. The van der Waals surface area contributed by atoms with Crippen LogP contribution in [0, 0.1) is 0 Å². The van der Waals surface area contributed by atoms with Crippen molar-refractivity contribution < 1.29 is 4.74 Å². The van der Waals surface area contributed by atoms with Gasteiger partial charge in [0, 0.05) is 0 Å². The Morgan fingerprint density at radius 2 is 2.07 bits per heavy atom. The lowest BCUT2D eigenvalue weighted by molar-refractivity contribution is 0.379. The van der Waals surface area contributed by atoms with Gasteiger partial charge in [0.1, 0.15) is 5.69 Å². The third-order valence-corrected chi connectivity index (χ3v) is 2.07. The summed E-state index contributed by atoms with van der Waals surface area (Å²) in [6.45, 7) is 0. The Morgan fingerprint density at radius 3 is 2.67 bits per heavy atom. The van der Waals surface area contributed by atoms with Crippen LogP contribution < -0.4 is 4.74 Å². The maximum absolute atomic E-state index is 5.72. The van der Waals surface area contributed by atoms with Crippen LogP contribution in [-0.4, -0.2) is 32.1 Å². The summed E-state index contributed by atoms with van der Waals surface area (Å²) >= 11 is 5.72. The second kappa shape index (κ2) is 4.22. The summed E-state index contributed by atoms with van der Waals surface area (Å²) in [7, 11) is 1.51. The van der Waals surface area contributed by atoms with E-state index in [4.69, 9.17) is 16.3 Å². The molecule has 0 spiro atoms. The van der Waals surface area contributed by atoms with Crippen LogP contribution in [0.4, 0.5) is 0 Å². The van der Waals surface area contributed by atoms with Crippen LogP contribution in [0.2, 0.25) is 0 Å². The first-order chi connectivity index (χ1) is 7.35. The number of methoxy groups -OCH3 is 1. The van der Waals surface area contributed by atoms with E-state index in [1.807, 2.05) is 0 Å². The van der Waals surface area contributed by atoms with Gasteiger partial charge in [-0.05, 0) is 0 Å². The van der Waals surface area contributed by atoms with Crippen molar-refractivity contribution in [1.82, 2.24) is 25.0 Å². The van der Waals surface area contributed by atoms with Gasteiger partial charge in [-0.2, -0.15) is 0 Å². The van der Waals surface area contributed by atoms with Crippen LogP contribution in [0.3, 0.4) is 0 Å². The van der Waals surface area contributed by atoms with E-state index in [-0.39, 0.29) is 0 Å². The van der Waals surface area contributed by atoms with Crippen molar-refractivity contribution in [3.05, 3.63) is 24.3 Å². The molecule has 0 bridgehead atoms. The third-order valence-electron chi connectivity index (χ3n) is 1.80. The van der Waals surface area contributed by atoms with E-state index in [1.165, 1.54) is 7.11 Å². The lowest BCUT2D eigenvalue weighted by Gasteiger charge is -2.03. The predicted octanol–water partition coefficient (Wildman–Crippen LogP) is 0.805. The van der Waals surface area contributed by atoms with E-state index in [0.717, 1.165) is 5.69 Å². The van der Waals surface area contributed by atoms with Gasteiger partial charge in [-0.25, -0.2) is 14.6 Å². The fourth-order valence-electron chi connectivity index (χ4n) is 1.09. The topological polar surface area (TPSA) is 65.7 Å². The minimum Gasteiger partial charge on any atom is -0.467 e. The summed E-state index contributed by atoms with van der Waals surface area (Å²) < 4.78 is 6.43. The van der Waals surface area contributed by atoms with Crippen LogP contribution in [-0.2, 0) is 5.88 Å². The van der Waals surface area contributed by atoms with Gasteiger partial charge in [-0.15, -0.1) is 16.7 Å². The Balaban J connectivity index is 2.37. The lowest BCUT2D eigenvalue weighted by atomic mass is 10.5. The number of rotatable bonds is 3. The number of halogens is 1. The number of hydrogen-bond acceptors (Lipinski definition) is 5. The molecule has 2 rings (SSSR count). The van der Waals surface area contributed by atoms with E-state index >= 15 is 0 Å². The molecule has 2 aromatic rings. The summed E-state index contributed by atoms with van der Waals surface area (Å²) in [5.41, 5.74) is 1.48. The van der Waals surface area contributed by atoms with Gasteiger partial charge in [0.2, 0.25) is 0 Å². The molecular weight excluding hydrogens is 218 g/mol. The molecule has 0 saturated heterocycles. The Morgan fingerprint density at radius 1 is 1.33 bits per heavy atom. The number of ether oxygens (including phenoxy) is 1.